The minimum atomic E-state index is -0.371. The van der Waals surface area contributed by atoms with E-state index in [4.69, 9.17) is 11.6 Å². The van der Waals surface area contributed by atoms with Crippen LogP contribution in [0.4, 0.5) is 17.1 Å². The molecule has 3 rings (SSSR count). The SMILES string of the molecule is O=C(Nc1ccc(Br)cc1Cl)C1CCN(c2ccccc2[N+](=O)[O-])CC1. The molecule has 1 amide bonds. The lowest BCUT2D eigenvalue weighted by atomic mass is 9.95. The lowest BCUT2D eigenvalue weighted by molar-refractivity contribution is -0.384. The fourth-order valence-electron chi connectivity index (χ4n) is 3.09. The number of benzene rings is 2. The highest BCUT2D eigenvalue weighted by Gasteiger charge is 2.28. The van der Waals surface area contributed by atoms with E-state index < -0.39 is 0 Å². The Hall–Kier alpha value is -2.12. The molecule has 1 N–H and O–H groups in total. The number of nitro groups is 1. The molecule has 0 aliphatic carbocycles. The van der Waals surface area contributed by atoms with Crippen LogP contribution in [0.25, 0.3) is 0 Å². The molecule has 0 unspecified atom stereocenters. The first kappa shape index (κ1) is 18.7. The van der Waals surface area contributed by atoms with Crippen molar-refractivity contribution >= 4 is 50.5 Å². The van der Waals surface area contributed by atoms with Gasteiger partial charge < -0.3 is 10.2 Å². The minimum Gasteiger partial charge on any atom is -0.366 e. The third-order valence-corrected chi connectivity index (χ3v) is 5.28. The zero-order valence-electron chi connectivity index (χ0n) is 13.8. The average molecular weight is 439 g/mol. The van der Waals surface area contributed by atoms with Gasteiger partial charge in [0.2, 0.25) is 5.91 Å². The molecule has 1 aliphatic heterocycles. The van der Waals surface area contributed by atoms with Gasteiger partial charge in [0.1, 0.15) is 5.69 Å². The van der Waals surface area contributed by atoms with Crippen LogP contribution in [0.5, 0.6) is 0 Å². The maximum atomic E-state index is 12.5. The molecule has 1 fully saturated rings. The smallest absolute Gasteiger partial charge is 0.292 e. The number of para-hydroxylation sites is 2. The van der Waals surface area contributed by atoms with Crippen LogP contribution in [0.1, 0.15) is 12.8 Å². The monoisotopic (exact) mass is 437 g/mol. The van der Waals surface area contributed by atoms with Gasteiger partial charge in [-0.3, -0.25) is 14.9 Å². The van der Waals surface area contributed by atoms with Crippen LogP contribution < -0.4 is 10.2 Å². The van der Waals surface area contributed by atoms with E-state index in [0.29, 0.717) is 42.3 Å². The number of carbonyl (C=O) groups is 1. The zero-order valence-corrected chi connectivity index (χ0v) is 16.2. The summed E-state index contributed by atoms with van der Waals surface area (Å²) in [5.41, 5.74) is 1.28. The summed E-state index contributed by atoms with van der Waals surface area (Å²) in [6.07, 6.45) is 1.26. The Morgan fingerprint density at radius 3 is 2.58 bits per heavy atom. The number of hydrogen-bond acceptors (Lipinski definition) is 4. The number of nitro benzene ring substituents is 1. The molecule has 1 heterocycles. The predicted octanol–water partition coefficient (Wildman–Crippen LogP) is 4.87. The van der Waals surface area contributed by atoms with Gasteiger partial charge in [0, 0.05) is 29.5 Å². The lowest BCUT2D eigenvalue weighted by Gasteiger charge is -2.32. The van der Waals surface area contributed by atoms with E-state index in [-0.39, 0.29) is 22.4 Å². The summed E-state index contributed by atoms with van der Waals surface area (Å²) in [6, 6.07) is 12.0. The molecule has 0 aromatic heterocycles. The number of halogens is 2. The fourth-order valence-corrected chi connectivity index (χ4v) is 3.81. The van der Waals surface area contributed by atoms with Crippen LogP contribution in [0.15, 0.2) is 46.9 Å². The average Bonchev–Trinajstić information content (AvgIpc) is 2.64. The Bertz CT molecular complexity index is 838. The van der Waals surface area contributed by atoms with E-state index >= 15 is 0 Å². The molecule has 0 atom stereocenters. The minimum absolute atomic E-state index is 0.0727. The normalized spacial score (nSPS) is 14.9. The van der Waals surface area contributed by atoms with Crippen LogP contribution in [0.2, 0.25) is 5.02 Å². The Balaban J connectivity index is 1.63. The van der Waals surface area contributed by atoms with Crippen LogP contribution >= 0.6 is 27.5 Å². The number of nitrogens with one attached hydrogen (secondary N) is 1. The number of amides is 1. The van der Waals surface area contributed by atoms with Crippen molar-refractivity contribution in [1.82, 2.24) is 0 Å². The van der Waals surface area contributed by atoms with Gasteiger partial charge in [-0.1, -0.05) is 39.7 Å². The molecule has 8 heteroatoms. The summed E-state index contributed by atoms with van der Waals surface area (Å²) in [5, 5.41) is 14.5. The molecule has 26 heavy (non-hydrogen) atoms. The molecule has 136 valence electrons. The first-order chi connectivity index (χ1) is 12.5. The topological polar surface area (TPSA) is 75.5 Å². The van der Waals surface area contributed by atoms with Crippen molar-refractivity contribution in [3.8, 4) is 0 Å². The molecule has 0 saturated carbocycles. The van der Waals surface area contributed by atoms with Crippen molar-refractivity contribution in [2.45, 2.75) is 12.8 Å². The fraction of sp³-hybridized carbons (Fsp3) is 0.278. The molecule has 0 spiro atoms. The number of piperidine rings is 1. The van der Waals surface area contributed by atoms with Gasteiger partial charge in [-0.05, 0) is 37.1 Å². The zero-order chi connectivity index (χ0) is 18.7. The summed E-state index contributed by atoms with van der Waals surface area (Å²) in [5.74, 6) is -0.217. The molecule has 1 saturated heterocycles. The predicted molar refractivity (Wildman–Crippen MR) is 106 cm³/mol. The van der Waals surface area contributed by atoms with Gasteiger partial charge >= 0.3 is 0 Å². The summed E-state index contributed by atoms with van der Waals surface area (Å²) < 4.78 is 0.846. The van der Waals surface area contributed by atoms with Gasteiger partial charge in [0.25, 0.3) is 5.69 Å². The maximum absolute atomic E-state index is 12.5. The number of nitrogens with zero attached hydrogens (tertiary/aromatic N) is 2. The summed E-state index contributed by atoms with van der Waals surface area (Å²) in [6.45, 7) is 1.19. The molecule has 0 bridgehead atoms. The van der Waals surface area contributed by atoms with Crippen LogP contribution in [-0.2, 0) is 4.79 Å². The third kappa shape index (κ3) is 4.16. The van der Waals surface area contributed by atoms with Crippen molar-refractivity contribution in [2.24, 2.45) is 5.92 Å². The highest BCUT2D eigenvalue weighted by molar-refractivity contribution is 9.10. The van der Waals surface area contributed by atoms with Gasteiger partial charge in [-0.15, -0.1) is 0 Å². The van der Waals surface area contributed by atoms with Crippen molar-refractivity contribution < 1.29 is 9.72 Å². The van der Waals surface area contributed by atoms with Gasteiger partial charge in [0.05, 0.1) is 15.6 Å². The summed E-state index contributed by atoms with van der Waals surface area (Å²) in [7, 11) is 0. The quantitative estimate of drug-likeness (QED) is 0.546. The second kappa shape index (κ2) is 8.05. The highest BCUT2D eigenvalue weighted by atomic mass is 79.9. The van der Waals surface area contributed by atoms with Gasteiger partial charge in [-0.25, -0.2) is 0 Å². The van der Waals surface area contributed by atoms with Crippen molar-refractivity contribution in [1.29, 1.82) is 0 Å². The Morgan fingerprint density at radius 1 is 1.23 bits per heavy atom. The van der Waals surface area contributed by atoms with E-state index in [0.717, 1.165) is 4.47 Å². The second-order valence-electron chi connectivity index (χ2n) is 6.12. The largest absolute Gasteiger partial charge is 0.366 e. The van der Waals surface area contributed by atoms with Crippen LogP contribution in [0, 0.1) is 16.0 Å². The number of carbonyl (C=O) groups excluding carboxylic acids is 1. The molecule has 2 aromatic carbocycles. The second-order valence-corrected chi connectivity index (χ2v) is 7.44. The van der Waals surface area contributed by atoms with E-state index in [1.165, 1.54) is 6.07 Å². The summed E-state index contributed by atoms with van der Waals surface area (Å²) in [4.78, 5) is 25.3. The van der Waals surface area contributed by atoms with Crippen LogP contribution in [0.3, 0.4) is 0 Å². The molecule has 6 nitrogen and oxygen atoms in total. The first-order valence-corrected chi connectivity index (χ1v) is 9.37. The van der Waals surface area contributed by atoms with Gasteiger partial charge in [0.15, 0.2) is 0 Å². The molecule has 1 aliphatic rings. The maximum Gasteiger partial charge on any atom is 0.292 e. The van der Waals surface area contributed by atoms with E-state index in [9.17, 15) is 14.9 Å². The van der Waals surface area contributed by atoms with Crippen LogP contribution in [-0.4, -0.2) is 23.9 Å². The third-order valence-electron chi connectivity index (χ3n) is 4.47. The van der Waals surface area contributed by atoms with E-state index in [2.05, 4.69) is 21.2 Å². The molecular weight excluding hydrogens is 422 g/mol. The number of anilines is 2. The van der Waals surface area contributed by atoms with E-state index in [1.54, 1.807) is 30.3 Å². The molecule has 0 radical (unpaired) electrons. The number of hydrogen-bond donors (Lipinski definition) is 1. The van der Waals surface area contributed by atoms with Crippen molar-refractivity contribution in [3.05, 3.63) is 62.1 Å². The van der Waals surface area contributed by atoms with Gasteiger partial charge in [-0.2, -0.15) is 0 Å². The Kier molecular flexibility index (Phi) is 5.78. The van der Waals surface area contributed by atoms with Crippen molar-refractivity contribution in [2.75, 3.05) is 23.3 Å². The molecule has 2 aromatic rings. The Morgan fingerprint density at radius 2 is 1.92 bits per heavy atom. The van der Waals surface area contributed by atoms with Crippen molar-refractivity contribution in [3.63, 3.8) is 0 Å². The van der Waals surface area contributed by atoms with E-state index in [1.807, 2.05) is 11.0 Å². The molecular formula is C18H17BrClN3O3. The Labute approximate surface area is 164 Å². The first-order valence-electron chi connectivity index (χ1n) is 8.20. The highest BCUT2D eigenvalue weighted by Crippen LogP contribution is 2.32. The summed E-state index contributed by atoms with van der Waals surface area (Å²) >= 11 is 9.48. The lowest BCUT2D eigenvalue weighted by Crippen LogP contribution is -2.38. The standard InChI is InChI=1S/C18H17BrClN3O3/c19-13-5-6-15(14(20)11-13)21-18(24)12-7-9-22(10-8-12)16-3-1-2-4-17(16)23(25)26/h1-6,11-12H,7-10H2,(H,21,24). The number of rotatable bonds is 4.